The first kappa shape index (κ1) is 13.5. The summed E-state index contributed by atoms with van der Waals surface area (Å²) in [5.41, 5.74) is 2.74. The standard InChI is InChI=1S/C15H18ClN3O/c1-3-6-19(9-4-5-9)13-8-12-10(7-11(13)16)14(17-2)15(20)18-12/h3,7-9,14,17H,1,4-6H2,2H3,(H,18,20). The molecule has 0 radical (unpaired) electrons. The minimum Gasteiger partial charge on any atom is -0.364 e. The third-order valence-electron chi connectivity index (χ3n) is 3.86. The lowest BCUT2D eigenvalue weighted by Crippen LogP contribution is -2.26. The van der Waals surface area contributed by atoms with Crippen molar-refractivity contribution in [3.63, 3.8) is 0 Å². The van der Waals surface area contributed by atoms with Gasteiger partial charge in [0, 0.05) is 23.8 Å². The minimum absolute atomic E-state index is 0.0302. The highest BCUT2D eigenvalue weighted by Gasteiger charge is 2.33. The van der Waals surface area contributed by atoms with Crippen molar-refractivity contribution in [3.8, 4) is 0 Å². The number of nitrogens with zero attached hydrogens (tertiary/aromatic N) is 1. The summed E-state index contributed by atoms with van der Waals surface area (Å²) in [6.07, 6.45) is 4.26. The predicted molar refractivity (Wildman–Crippen MR) is 82.4 cm³/mol. The summed E-state index contributed by atoms with van der Waals surface area (Å²) < 4.78 is 0. The number of anilines is 2. The molecule has 5 heteroatoms. The van der Waals surface area contributed by atoms with E-state index in [0.29, 0.717) is 11.1 Å². The Morgan fingerprint density at radius 2 is 2.30 bits per heavy atom. The van der Waals surface area contributed by atoms with Crippen LogP contribution in [0.25, 0.3) is 0 Å². The third-order valence-corrected chi connectivity index (χ3v) is 4.16. The first-order valence-corrected chi connectivity index (χ1v) is 7.22. The van der Waals surface area contributed by atoms with Gasteiger partial charge in [0.05, 0.1) is 10.7 Å². The zero-order valence-corrected chi connectivity index (χ0v) is 12.2. The van der Waals surface area contributed by atoms with Crippen molar-refractivity contribution in [1.29, 1.82) is 0 Å². The predicted octanol–water partition coefficient (Wildman–Crippen LogP) is 2.71. The van der Waals surface area contributed by atoms with Gasteiger partial charge in [0.1, 0.15) is 6.04 Å². The molecule has 0 aromatic heterocycles. The zero-order valence-electron chi connectivity index (χ0n) is 11.4. The second-order valence-corrected chi connectivity index (χ2v) is 5.68. The molecule has 0 spiro atoms. The van der Waals surface area contributed by atoms with E-state index in [9.17, 15) is 4.79 Å². The molecule has 1 aromatic rings. The molecule has 4 nitrogen and oxygen atoms in total. The highest BCUT2D eigenvalue weighted by Crippen LogP contribution is 2.42. The molecule has 1 amide bonds. The fourth-order valence-electron chi connectivity index (χ4n) is 2.75. The van der Waals surface area contributed by atoms with E-state index < -0.39 is 0 Å². The lowest BCUT2D eigenvalue weighted by molar-refractivity contribution is -0.117. The summed E-state index contributed by atoms with van der Waals surface area (Å²) in [5, 5.41) is 6.60. The van der Waals surface area contributed by atoms with Gasteiger partial charge < -0.3 is 15.5 Å². The van der Waals surface area contributed by atoms with E-state index >= 15 is 0 Å². The van der Waals surface area contributed by atoms with Gasteiger partial charge in [-0.15, -0.1) is 6.58 Å². The van der Waals surface area contributed by atoms with Gasteiger partial charge in [-0.05, 0) is 32.0 Å². The number of hydrogen-bond donors (Lipinski definition) is 2. The first-order chi connectivity index (χ1) is 9.65. The smallest absolute Gasteiger partial charge is 0.246 e. The van der Waals surface area contributed by atoms with Crippen LogP contribution in [0.15, 0.2) is 24.8 Å². The fourth-order valence-corrected chi connectivity index (χ4v) is 3.03. The molecule has 1 saturated carbocycles. The highest BCUT2D eigenvalue weighted by molar-refractivity contribution is 6.33. The van der Waals surface area contributed by atoms with Gasteiger partial charge in [-0.3, -0.25) is 4.79 Å². The number of carbonyl (C=O) groups excluding carboxylic acids is 1. The second kappa shape index (κ2) is 5.11. The number of halogens is 1. The molecule has 1 aliphatic carbocycles. The van der Waals surface area contributed by atoms with Gasteiger partial charge in [0.25, 0.3) is 0 Å². The average Bonchev–Trinajstić information content (AvgIpc) is 3.20. The van der Waals surface area contributed by atoms with E-state index in [0.717, 1.165) is 23.5 Å². The van der Waals surface area contributed by atoms with Crippen LogP contribution >= 0.6 is 11.6 Å². The van der Waals surface area contributed by atoms with E-state index in [2.05, 4.69) is 22.1 Å². The lowest BCUT2D eigenvalue weighted by Gasteiger charge is -2.25. The molecular formula is C15H18ClN3O. The van der Waals surface area contributed by atoms with Crippen LogP contribution in [0, 0.1) is 0 Å². The van der Waals surface area contributed by atoms with Gasteiger partial charge in [-0.1, -0.05) is 17.7 Å². The molecule has 0 bridgehead atoms. The van der Waals surface area contributed by atoms with E-state index in [1.165, 1.54) is 12.8 Å². The Morgan fingerprint density at radius 3 is 2.90 bits per heavy atom. The molecule has 1 unspecified atom stereocenters. The lowest BCUT2D eigenvalue weighted by atomic mass is 10.1. The van der Waals surface area contributed by atoms with Crippen LogP contribution in [0.5, 0.6) is 0 Å². The van der Waals surface area contributed by atoms with Crippen molar-refractivity contribution < 1.29 is 4.79 Å². The number of amides is 1. The van der Waals surface area contributed by atoms with Crippen molar-refractivity contribution in [1.82, 2.24) is 5.32 Å². The largest absolute Gasteiger partial charge is 0.364 e. The fraction of sp³-hybridized carbons (Fsp3) is 0.400. The highest BCUT2D eigenvalue weighted by atomic mass is 35.5. The molecule has 1 heterocycles. The molecule has 1 aliphatic heterocycles. The molecule has 20 heavy (non-hydrogen) atoms. The Labute approximate surface area is 123 Å². The normalized spacial score (nSPS) is 20.5. The number of hydrogen-bond acceptors (Lipinski definition) is 3. The first-order valence-electron chi connectivity index (χ1n) is 6.84. The summed E-state index contributed by atoms with van der Waals surface area (Å²) in [6, 6.07) is 4.10. The van der Waals surface area contributed by atoms with Crippen molar-refractivity contribution >= 4 is 28.9 Å². The molecule has 106 valence electrons. The van der Waals surface area contributed by atoms with Gasteiger partial charge in [0.2, 0.25) is 5.91 Å². The molecular weight excluding hydrogens is 274 g/mol. The van der Waals surface area contributed by atoms with Crippen LogP contribution in [-0.4, -0.2) is 25.5 Å². The van der Waals surface area contributed by atoms with Crippen LogP contribution in [0.1, 0.15) is 24.4 Å². The maximum absolute atomic E-state index is 11.9. The van der Waals surface area contributed by atoms with Crippen LogP contribution in [0.3, 0.4) is 0 Å². The van der Waals surface area contributed by atoms with Crippen molar-refractivity contribution in [3.05, 3.63) is 35.4 Å². The Balaban J connectivity index is 2.00. The molecule has 1 aromatic carbocycles. The Bertz CT molecular complexity index is 568. The van der Waals surface area contributed by atoms with Gasteiger partial charge in [-0.2, -0.15) is 0 Å². The minimum atomic E-state index is -0.315. The van der Waals surface area contributed by atoms with E-state index in [1.54, 1.807) is 7.05 Å². The number of benzene rings is 1. The average molecular weight is 292 g/mol. The summed E-state index contributed by atoms with van der Waals surface area (Å²) >= 11 is 6.44. The zero-order chi connectivity index (χ0) is 14.3. The number of likely N-dealkylation sites (N-methyl/N-ethyl adjacent to an activating group) is 1. The van der Waals surface area contributed by atoms with Crippen LogP contribution < -0.4 is 15.5 Å². The summed E-state index contributed by atoms with van der Waals surface area (Å²) in [6.45, 7) is 4.58. The quantitative estimate of drug-likeness (QED) is 0.820. The monoisotopic (exact) mass is 291 g/mol. The molecule has 2 N–H and O–H groups in total. The Hall–Kier alpha value is -1.52. The summed E-state index contributed by atoms with van der Waals surface area (Å²) in [7, 11) is 1.77. The van der Waals surface area contributed by atoms with E-state index in [1.807, 2.05) is 18.2 Å². The van der Waals surface area contributed by atoms with E-state index in [-0.39, 0.29) is 11.9 Å². The topological polar surface area (TPSA) is 44.4 Å². The van der Waals surface area contributed by atoms with Gasteiger partial charge in [-0.25, -0.2) is 0 Å². The number of nitrogens with one attached hydrogen (secondary N) is 2. The van der Waals surface area contributed by atoms with Crippen molar-refractivity contribution in [2.75, 3.05) is 23.8 Å². The summed E-state index contributed by atoms with van der Waals surface area (Å²) in [5.74, 6) is -0.0302. The molecule has 3 rings (SSSR count). The molecule has 1 atom stereocenters. The second-order valence-electron chi connectivity index (χ2n) is 5.27. The van der Waals surface area contributed by atoms with Gasteiger partial charge in [0.15, 0.2) is 0 Å². The van der Waals surface area contributed by atoms with Gasteiger partial charge >= 0.3 is 0 Å². The molecule has 0 saturated heterocycles. The number of rotatable bonds is 5. The molecule has 1 fully saturated rings. The Kier molecular flexibility index (Phi) is 3.44. The third kappa shape index (κ3) is 2.19. The maximum atomic E-state index is 11.9. The van der Waals surface area contributed by atoms with Crippen LogP contribution in [0.2, 0.25) is 5.02 Å². The Morgan fingerprint density at radius 1 is 1.55 bits per heavy atom. The molecule has 2 aliphatic rings. The SMILES string of the molecule is C=CCN(c1cc2c(cc1Cl)C(NC)C(=O)N2)C1CC1. The summed E-state index contributed by atoms with van der Waals surface area (Å²) in [4.78, 5) is 14.1. The van der Waals surface area contributed by atoms with Crippen molar-refractivity contribution in [2.24, 2.45) is 0 Å². The van der Waals surface area contributed by atoms with Crippen molar-refractivity contribution in [2.45, 2.75) is 24.9 Å². The van der Waals surface area contributed by atoms with Crippen LogP contribution in [0.4, 0.5) is 11.4 Å². The van der Waals surface area contributed by atoms with E-state index in [4.69, 9.17) is 11.6 Å². The van der Waals surface area contributed by atoms with Crippen LogP contribution in [-0.2, 0) is 4.79 Å². The maximum Gasteiger partial charge on any atom is 0.246 e. The number of fused-ring (bicyclic) bond motifs is 1. The number of carbonyl (C=O) groups is 1.